The van der Waals surface area contributed by atoms with Crippen LogP contribution >= 0.6 is 0 Å². The van der Waals surface area contributed by atoms with Crippen molar-refractivity contribution >= 4 is 0 Å². The highest BCUT2D eigenvalue weighted by molar-refractivity contribution is 5.15. The van der Waals surface area contributed by atoms with Crippen LogP contribution in [0.25, 0.3) is 0 Å². The summed E-state index contributed by atoms with van der Waals surface area (Å²) in [6.45, 7) is 0.924. The summed E-state index contributed by atoms with van der Waals surface area (Å²) >= 11 is 0. The average Bonchev–Trinajstić information content (AvgIpc) is 2.33. The number of aliphatic hydroxyl groups is 1. The van der Waals surface area contributed by atoms with E-state index in [1.54, 1.807) is 6.20 Å². The lowest BCUT2D eigenvalue weighted by Crippen LogP contribution is -2.43. The van der Waals surface area contributed by atoms with Crippen molar-refractivity contribution in [1.82, 2.24) is 9.88 Å². The van der Waals surface area contributed by atoms with Crippen molar-refractivity contribution in [3.63, 3.8) is 0 Å². The van der Waals surface area contributed by atoms with Gasteiger partial charge in [0, 0.05) is 18.7 Å². The monoisotopic (exact) mass is 234 g/mol. The molecule has 1 N–H and O–H groups in total. The third-order valence-corrected chi connectivity index (χ3v) is 3.73. The molecule has 0 radical (unpaired) electrons. The van der Waals surface area contributed by atoms with E-state index in [1.165, 1.54) is 6.42 Å². The van der Waals surface area contributed by atoms with Gasteiger partial charge in [0.15, 0.2) is 0 Å². The summed E-state index contributed by atoms with van der Waals surface area (Å²) in [5.74, 6) is 0.293. The second-order valence-corrected chi connectivity index (χ2v) is 5.34. The van der Waals surface area contributed by atoms with Crippen LogP contribution in [0.5, 0.6) is 0 Å². The normalized spacial score (nSPS) is 29.5. The number of hydrogen-bond donors (Lipinski definition) is 1. The predicted molar refractivity (Wildman–Crippen MR) is 68.6 cm³/mol. The topological polar surface area (TPSA) is 36.4 Å². The van der Waals surface area contributed by atoms with Crippen LogP contribution in [0.3, 0.4) is 0 Å². The highest BCUT2D eigenvalue weighted by atomic mass is 16.3. The van der Waals surface area contributed by atoms with Gasteiger partial charge in [0.25, 0.3) is 0 Å². The van der Waals surface area contributed by atoms with Crippen molar-refractivity contribution in [2.75, 3.05) is 20.6 Å². The summed E-state index contributed by atoms with van der Waals surface area (Å²) in [5, 5.41) is 11.0. The Morgan fingerprint density at radius 3 is 2.88 bits per heavy atom. The number of hydrogen-bond acceptors (Lipinski definition) is 3. The summed E-state index contributed by atoms with van der Waals surface area (Å²) in [6, 6.07) is 5.81. The van der Waals surface area contributed by atoms with Crippen LogP contribution in [0.4, 0.5) is 0 Å². The van der Waals surface area contributed by atoms with Gasteiger partial charge in [-0.3, -0.25) is 4.98 Å². The molecular weight excluding hydrogens is 212 g/mol. The summed E-state index contributed by atoms with van der Waals surface area (Å²) < 4.78 is 0. The van der Waals surface area contributed by atoms with Crippen LogP contribution in [0.1, 0.15) is 31.4 Å². The van der Waals surface area contributed by atoms with Crippen LogP contribution in [0.2, 0.25) is 0 Å². The van der Waals surface area contributed by atoms with Gasteiger partial charge in [0.2, 0.25) is 0 Å². The van der Waals surface area contributed by atoms with Gasteiger partial charge in [0.05, 0.1) is 5.69 Å². The lowest BCUT2D eigenvalue weighted by atomic mass is 9.73. The average molecular weight is 234 g/mol. The molecule has 0 amide bonds. The lowest BCUT2D eigenvalue weighted by Gasteiger charge is -2.40. The number of aromatic nitrogens is 1. The van der Waals surface area contributed by atoms with E-state index in [9.17, 15) is 5.11 Å². The first-order valence-electron chi connectivity index (χ1n) is 6.41. The first kappa shape index (κ1) is 12.5. The fourth-order valence-corrected chi connectivity index (χ4v) is 2.87. The van der Waals surface area contributed by atoms with Crippen LogP contribution in [0.15, 0.2) is 24.4 Å². The molecule has 1 saturated carbocycles. The maximum absolute atomic E-state index is 11.0. The Labute approximate surface area is 103 Å². The molecule has 2 atom stereocenters. The zero-order chi connectivity index (χ0) is 12.3. The predicted octanol–water partition coefficient (Wildman–Crippen LogP) is 2.02. The van der Waals surface area contributed by atoms with Crippen LogP contribution in [-0.4, -0.2) is 35.6 Å². The van der Waals surface area contributed by atoms with Crippen molar-refractivity contribution in [3.8, 4) is 0 Å². The Hall–Kier alpha value is -0.930. The van der Waals surface area contributed by atoms with Gasteiger partial charge in [-0.1, -0.05) is 18.9 Å². The van der Waals surface area contributed by atoms with Crippen molar-refractivity contribution in [3.05, 3.63) is 30.1 Å². The van der Waals surface area contributed by atoms with Crippen molar-refractivity contribution in [2.45, 2.75) is 31.3 Å². The highest BCUT2D eigenvalue weighted by Crippen LogP contribution is 2.40. The van der Waals surface area contributed by atoms with Gasteiger partial charge in [-0.2, -0.15) is 0 Å². The van der Waals surface area contributed by atoms with E-state index in [4.69, 9.17) is 0 Å². The molecule has 1 aliphatic rings. The van der Waals surface area contributed by atoms with Gasteiger partial charge in [0.1, 0.15) is 5.60 Å². The van der Waals surface area contributed by atoms with Gasteiger partial charge >= 0.3 is 0 Å². The molecule has 0 aromatic carbocycles. The summed E-state index contributed by atoms with van der Waals surface area (Å²) in [7, 11) is 4.13. The van der Waals surface area contributed by atoms with E-state index in [2.05, 4.69) is 24.0 Å². The number of nitrogens with zero attached hydrogens (tertiary/aromatic N) is 2. The Balaban J connectivity index is 2.25. The number of pyridine rings is 1. The molecule has 2 rings (SSSR count). The molecule has 3 nitrogen and oxygen atoms in total. The van der Waals surface area contributed by atoms with E-state index in [1.807, 2.05) is 18.2 Å². The first-order chi connectivity index (χ1) is 8.13. The lowest BCUT2D eigenvalue weighted by molar-refractivity contribution is -0.0652. The number of rotatable bonds is 3. The van der Waals surface area contributed by atoms with E-state index in [0.717, 1.165) is 31.5 Å². The Morgan fingerprint density at radius 1 is 1.41 bits per heavy atom. The summed E-state index contributed by atoms with van der Waals surface area (Å²) in [6.07, 6.45) is 6.01. The third kappa shape index (κ3) is 2.67. The third-order valence-electron chi connectivity index (χ3n) is 3.73. The minimum absolute atomic E-state index is 0.293. The molecular formula is C14H22N2O. The highest BCUT2D eigenvalue weighted by Gasteiger charge is 2.41. The Morgan fingerprint density at radius 2 is 2.24 bits per heavy atom. The van der Waals surface area contributed by atoms with Crippen molar-refractivity contribution in [2.24, 2.45) is 5.92 Å². The Bertz CT molecular complexity index is 352. The van der Waals surface area contributed by atoms with Gasteiger partial charge in [-0.05, 0) is 39.1 Å². The molecule has 0 spiro atoms. The second-order valence-electron chi connectivity index (χ2n) is 5.34. The molecule has 0 saturated heterocycles. The molecule has 0 aliphatic heterocycles. The standard InChI is InChI=1S/C14H22N2O/c1-16(2)11-12-7-3-5-9-14(12,17)13-8-4-6-10-15-13/h4,6,8,10,12,17H,3,5,7,9,11H2,1-2H3/t12-,14-/m0/s1. The van der Waals surface area contributed by atoms with Gasteiger partial charge in [-0.25, -0.2) is 0 Å². The molecule has 1 fully saturated rings. The van der Waals surface area contributed by atoms with Crippen molar-refractivity contribution < 1.29 is 5.11 Å². The summed E-state index contributed by atoms with van der Waals surface area (Å²) in [5.41, 5.74) is 0.107. The van der Waals surface area contributed by atoms with Gasteiger partial charge < -0.3 is 10.0 Å². The van der Waals surface area contributed by atoms with Crippen molar-refractivity contribution in [1.29, 1.82) is 0 Å². The molecule has 0 bridgehead atoms. The van der Waals surface area contributed by atoms with Crippen LogP contribution in [-0.2, 0) is 5.60 Å². The molecule has 3 heteroatoms. The minimum atomic E-state index is -0.732. The quantitative estimate of drug-likeness (QED) is 0.869. The fraction of sp³-hybridized carbons (Fsp3) is 0.643. The van der Waals surface area contributed by atoms with E-state index in [0.29, 0.717) is 5.92 Å². The fourth-order valence-electron chi connectivity index (χ4n) is 2.87. The molecule has 0 unspecified atom stereocenters. The van der Waals surface area contributed by atoms with E-state index >= 15 is 0 Å². The Kier molecular flexibility index (Phi) is 3.79. The van der Waals surface area contributed by atoms with E-state index in [-0.39, 0.29) is 0 Å². The molecule has 1 aliphatic carbocycles. The zero-order valence-corrected chi connectivity index (χ0v) is 10.8. The molecule has 94 valence electrons. The van der Waals surface area contributed by atoms with Gasteiger partial charge in [-0.15, -0.1) is 0 Å². The summed E-state index contributed by atoms with van der Waals surface area (Å²) in [4.78, 5) is 6.52. The molecule has 17 heavy (non-hydrogen) atoms. The largest absolute Gasteiger partial charge is 0.383 e. The van der Waals surface area contributed by atoms with E-state index < -0.39 is 5.60 Å². The smallest absolute Gasteiger partial charge is 0.110 e. The molecule has 1 heterocycles. The second kappa shape index (κ2) is 5.15. The SMILES string of the molecule is CN(C)C[C@@H]1CCCC[C@@]1(O)c1ccccn1. The maximum atomic E-state index is 11.0. The maximum Gasteiger partial charge on any atom is 0.110 e. The molecule has 1 aromatic heterocycles. The zero-order valence-electron chi connectivity index (χ0n) is 10.8. The minimum Gasteiger partial charge on any atom is -0.383 e. The van der Waals surface area contributed by atoms with Crippen LogP contribution < -0.4 is 0 Å². The first-order valence-corrected chi connectivity index (χ1v) is 6.41. The molecule has 1 aromatic rings. The van der Waals surface area contributed by atoms with Crippen LogP contribution in [0, 0.1) is 5.92 Å².